The summed E-state index contributed by atoms with van der Waals surface area (Å²) >= 11 is 0. The van der Waals surface area contributed by atoms with E-state index >= 15 is 0 Å². The topological polar surface area (TPSA) is 93.0 Å². The van der Waals surface area contributed by atoms with Gasteiger partial charge in [-0.2, -0.15) is 0 Å². The van der Waals surface area contributed by atoms with Crippen molar-refractivity contribution in [1.82, 2.24) is 24.6 Å². The molecule has 1 fully saturated rings. The maximum absolute atomic E-state index is 13.3. The Morgan fingerprint density at radius 2 is 1.85 bits per heavy atom. The average molecular weight is 459 g/mol. The molecule has 9 nitrogen and oxygen atoms in total. The molecular formula is C25H26N6O3. The van der Waals surface area contributed by atoms with Crippen molar-refractivity contribution in [2.45, 2.75) is 0 Å². The number of hydrogen-bond acceptors (Lipinski definition) is 7. The predicted octanol–water partition coefficient (Wildman–Crippen LogP) is 3.20. The number of piperazine rings is 1. The van der Waals surface area contributed by atoms with Gasteiger partial charge in [-0.15, -0.1) is 0 Å². The summed E-state index contributed by atoms with van der Waals surface area (Å²) in [7, 11) is 3.20. The number of ether oxygens (including phenoxy) is 2. The quantitative estimate of drug-likeness (QED) is 0.458. The lowest BCUT2D eigenvalue weighted by Gasteiger charge is -2.28. The molecule has 174 valence electrons. The molecule has 0 atom stereocenters. The summed E-state index contributed by atoms with van der Waals surface area (Å²) in [4.78, 5) is 24.5. The number of anilines is 2. The maximum Gasteiger partial charge on any atom is 0.254 e. The maximum atomic E-state index is 13.3. The van der Waals surface area contributed by atoms with Crippen LogP contribution in [0.2, 0.25) is 0 Å². The smallest absolute Gasteiger partial charge is 0.254 e. The number of carbonyl (C=O) groups excluding carboxylic acids is 1. The molecule has 0 unspecified atom stereocenters. The van der Waals surface area contributed by atoms with Gasteiger partial charge in [0.05, 0.1) is 19.9 Å². The minimum atomic E-state index is 0.0130. The Labute approximate surface area is 197 Å². The number of hydrogen-bond donors (Lipinski definition) is 2. The molecule has 4 aromatic rings. The van der Waals surface area contributed by atoms with Gasteiger partial charge in [0.15, 0.2) is 23.0 Å². The average Bonchev–Trinajstić information content (AvgIpc) is 3.38. The van der Waals surface area contributed by atoms with E-state index in [0.717, 1.165) is 24.3 Å². The van der Waals surface area contributed by atoms with Crippen molar-refractivity contribution >= 4 is 23.1 Å². The number of carbonyl (C=O) groups is 1. The number of benzene rings is 2. The highest BCUT2D eigenvalue weighted by Crippen LogP contribution is 2.32. The molecule has 1 saturated heterocycles. The zero-order valence-corrected chi connectivity index (χ0v) is 19.1. The molecule has 0 bridgehead atoms. The van der Waals surface area contributed by atoms with Crippen LogP contribution < -0.4 is 20.1 Å². The van der Waals surface area contributed by atoms with Crippen LogP contribution in [0.25, 0.3) is 16.9 Å². The number of rotatable bonds is 6. The molecule has 1 aliphatic rings. The summed E-state index contributed by atoms with van der Waals surface area (Å²) in [6.45, 7) is 2.97. The van der Waals surface area contributed by atoms with Gasteiger partial charge in [-0.05, 0) is 18.2 Å². The van der Waals surface area contributed by atoms with Crippen molar-refractivity contribution in [1.29, 1.82) is 0 Å². The summed E-state index contributed by atoms with van der Waals surface area (Å²) in [6.07, 6.45) is 5.48. The van der Waals surface area contributed by atoms with Crippen LogP contribution in [0.4, 0.5) is 11.5 Å². The number of nitrogens with zero attached hydrogens (tertiary/aromatic N) is 4. The fourth-order valence-corrected chi connectivity index (χ4v) is 4.13. The third-order valence-electron chi connectivity index (χ3n) is 5.86. The van der Waals surface area contributed by atoms with Gasteiger partial charge in [-0.1, -0.05) is 18.2 Å². The van der Waals surface area contributed by atoms with E-state index in [2.05, 4.69) is 15.6 Å². The summed E-state index contributed by atoms with van der Waals surface area (Å²) in [5, 5.41) is 6.64. The number of amides is 1. The van der Waals surface area contributed by atoms with Crippen molar-refractivity contribution in [2.75, 3.05) is 45.7 Å². The standard InChI is InChI=1S/C25H26N6O3/c1-33-21-8-7-17(15-22(21)34-2)28-23-24-27-11-14-31(24)16-20(29-23)18-5-3-4-6-19(18)25(32)30-12-9-26-10-13-30/h3-8,11,14-16,26H,9-10,12-13H2,1-2H3,(H,28,29). The lowest BCUT2D eigenvalue weighted by Crippen LogP contribution is -2.46. The van der Waals surface area contributed by atoms with E-state index in [1.54, 1.807) is 20.4 Å². The van der Waals surface area contributed by atoms with Gasteiger partial charge in [0, 0.05) is 67.7 Å². The highest BCUT2D eigenvalue weighted by Gasteiger charge is 2.22. The minimum absolute atomic E-state index is 0.0130. The first kappa shape index (κ1) is 21.7. The van der Waals surface area contributed by atoms with Gasteiger partial charge in [-0.25, -0.2) is 9.97 Å². The van der Waals surface area contributed by atoms with Gasteiger partial charge in [0.1, 0.15) is 0 Å². The Morgan fingerprint density at radius 3 is 2.65 bits per heavy atom. The highest BCUT2D eigenvalue weighted by atomic mass is 16.5. The Hall–Kier alpha value is -4.11. The molecule has 9 heteroatoms. The molecule has 34 heavy (non-hydrogen) atoms. The first-order valence-electron chi connectivity index (χ1n) is 11.1. The van der Waals surface area contributed by atoms with Gasteiger partial charge >= 0.3 is 0 Å². The van der Waals surface area contributed by atoms with Crippen LogP contribution in [-0.4, -0.2) is 65.6 Å². The van der Waals surface area contributed by atoms with Crippen molar-refractivity contribution in [3.63, 3.8) is 0 Å². The Kier molecular flexibility index (Phi) is 6.01. The molecular weight excluding hydrogens is 432 g/mol. The van der Waals surface area contributed by atoms with E-state index in [9.17, 15) is 4.79 Å². The second kappa shape index (κ2) is 9.40. The molecule has 2 N–H and O–H groups in total. The molecule has 0 aliphatic carbocycles. The molecule has 1 aliphatic heterocycles. The van der Waals surface area contributed by atoms with Gasteiger partial charge in [0.2, 0.25) is 0 Å². The third kappa shape index (κ3) is 4.13. The lowest BCUT2D eigenvalue weighted by molar-refractivity contribution is 0.0736. The van der Waals surface area contributed by atoms with E-state index in [1.807, 2.05) is 64.2 Å². The molecule has 2 aromatic carbocycles. The minimum Gasteiger partial charge on any atom is -0.493 e. The van der Waals surface area contributed by atoms with E-state index in [-0.39, 0.29) is 5.91 Å². The van der Waals surface area contributed by atoms with Gasteiger partial charge in [-0.3, -0.25) is 4.79 Å². The molecule has 0 spiro atoms. The summed E-state index contributed by atoms with van der Waals surface area (Å²) in [6, 6.07) is 13.2. The fourth-order valence-electron chi connectivity index (χ4n) is 4.13. The van der Waals surface area contributed by atoms with Crippen LogP contribution in [-0.2, 0) is 0 Å². The lowest BCUT2D eigenvalue weighted by atomic mass is 10.0. The molecule has 0 saturated carbocycles. The van der Waals surface area contributed by atoms with Crippen LogP contribution in [0.15, 0.2) is 61.1 Å². The van der Waals surface area contributed by atoms with E-state index in [1.165, 1.54) is 0 Å². The zero-order chi connectivity index (χ0) is 23.5. The molecule has 3 heterocycles. The number of imidazole rings is 1. The number of methoxy groups -OCH3 is 2. The number of nitrogens with one attached hydrogen (secondary N) is 2. The van der Waals surface area contributed by atoms with Gasteiger partial charge in [0.25, 0.3) is 5.91 Å². The fraction of sp³-hybridized carbons (Fsp3) is 0.240. The Morgan fingerprint density at radius 1 is 1.06 bits per heavy atom. The monoisotopic (exact) mass is 458 g/mol. The summed E-state index contributed by atoms with van der Waals surface area (Å²) in [5.41, 5.74) is 3.53. The first-order valence-corrected chi connectivity index (χ1v) is 11.1. The predicted molar refractivity (Wildman–Crippen MR) is 130 cm³/mol. The van der Waals surface area contributed by atoms with E-state index < -0.39 is 0 Å². The largest absolute Gasteiger partial charge is 0.493 e. The van der Waals surface area contributed by atoms with Crippen LogP contribution in [0.3, 0.4) is 0 Å². The molecule has 2 aromatic heterocycles. The second-order valence-electron chi connectivity index (χ2n) is 7.92. The van der Waals surface area contributed by atoms with Crippen LogP contribution in [0, 0.1) is 0 Å². The Balaban J connectivity index is 1.55. The van der Waals surface area contributed by atoms with Crippen molar-refractivity contribution in [3.05, 3.63) is 66.6 Å². The first-order chi connectivity index (χ1) is 16.7. The van der Waals surface area contributed by atoms with E-state index in [4.69, 9.17) is 14.5 Å². The third-order valence-corrected chi connectivity index (χ3v) is 5.86. The molecule has 5 rings (SSSR count). The number of aromatic nitrogens is 3. The van der Waals surface area contributed by atoms with Gasteiger partial charge < -0.3 is 29.4 Å². The summed E-state index contributed by atoms with van der Waals surface area (Å²) in [5.74, 6) is 1.83. The molecule has 0 radical (unpaired) electrons. The van der Waals surface area contributed by atoms with Crippen molar-refractivity contribution in [3.8, 4) is 22.8 Å². The van der Waals surface area contributed by atoms with E-state index in [0.29, 0.717) is 47.3 Å². The normalized spacial score (nSPS) is 13.6. The van der Waals surface area contributed by atoms with Crippen LogP contribution >= 0.6 is 0 Å². The molecule has 1 amide bonds. The Bertz CT molecular complexity index is 1330. The SMILES string of the molecule is COc1ccc(Nc2nc(-c3ccccc3C(=O)N3CCNCC3)cn3ccnc23)cc1OC. The van der Waals surface area contributed by atoms with Crippen LogP contribution in [0.5, 0.6) is 11.5 Å². The van der Waals surface area contributed by atoms with Crippen molar-refractivity contribution < 1.29 is 14.3 Å². The van der Waals surface area contributed by atoms with Crippen LogP contribution in [0.1, 0.15) is 10.4 Å². The number of fused-ring (bicyclic) bond motifs is 1. The van der Waals surface area contributed by atoms with Crippen molar-refractivity contribution in [2.24, 2.45) is 0 Å². The summed E-state index contributed by atoms with van der Waals surface area (Å²) < 4.78 is 12.7. The zero-order valence-electron chi connectivity index (χ0n) is 19.1. The highest BCUT2D eigenvalue weighted by molar-refractivity contribution is 6.00. The second-order valence-corrected chi connectivity index (χ2v) is 7.92.